The van der Waals surface area contributed by atoms with Gasteiger partial charge in [0.2, 0.25) is 0 Å². The number of carboxylic acid groups (broad SMARTS) is 1. The Kier molecular flexibility index (Phi) is 3.34. The van der Waals surface area contributed by atoms with Gasteiger partial charge in [-0.05, 0) is 12.1 Å². The van der Waals surface area contributed by atoms with Crippen LogP contribution >= 0.6 is 11.3 Å². The maximum absolute atomic E-state index is 10.8. The number of carboxylic acids is 1. The van der Waals surface area contributed by atoms with E-state index in [9.17, 15) is 4.79 Å². The van der Waals surface area contributed by atoms with Crippen molar-refractivity contribution in [3.8, 4) is 0 Å². The Hall–Kier alpha value is -1.95. The number of anilines is 1. The van der Waals surface area contributed by atoms with Gasteiger partial charge in [0.05, 0.1) is 23.3 Å². The molecule has 0 aromatic carbocycles. The van der Waals surface area contributed by atoms with Gasteiger partial charge in [-0.15, -0.1) is 11.3 Å². The van der Waals surface area contributed by atoms with Crippen molar-refractivity contribution in [2.24, 2.45) is 0 Å². The number of carbonyl (C=O) groups is 1. The average molecular weight is 249 g/mol. The van der Waals surface area contributed by atoms with Crippen LogP contribution in [0.2, 0.25) is 0 Å². The van der Waals surface area contributed by atoms with Crippen LogP contribution < -0.4 is 4.90 Å². The summed E-state index contributed by atoms with van der Waals surface area (Å²) in [5.41, 5.74) is 2.95. The molecule has 0 amide bonds. The number of hydrogen-bond donors (Lipinski definition) is 1. The SMILES string of the molecule is CN(Cc1cscn1)c1cc(C(=O)O)ccn1. The third-order valence-corrected chi connectivity index (χ3v) is 2.90. The van der Waals surface area contributed by atoms with Crippen molar-refractivity contribution in [3.63, 3.8) is 0 Å². The third kappa shape index (κ3) is 2.79. The first-order valence-electron chi connectivity index (χ1n) is 4.94. The van der Waals surface area contributed by atoms with Gasteiger partial charge >= 0.3 is 5.97 Å². The van der Waals surface area contributed by atoms with Crippen molar-refractivity contribution in [2.75, 3.05) is 11.9 Å². The number of hydrogen-bond acceptors (Lipinski definition) is 5. The summed E-state index contributed by atoms with van der Waals surface area (Å²) in [7, 11) is 1.85. The molecule has 0 spiro atoms. The van der Waals surface area contributed by atoms with Gasteiger partial charge in [-0.1, -0.05) is 0 Å². The van der Waals surface area contributed by atoms with Crippen molar-refractivity contribution in [3.05, 3.63) is 40.5 Å². The Labute approximate surface area is 102 Å². The second-order valence-corrected chi connectivity index (χ2v) is 4.26. The van der Waals surface area contributed by atoms with E-state index in [-0.39, 0.29) is 5.56 Å². The standard InChI is InChI=1S/C11H11N3O2S/c1-14(5-9-6-17-7-13-9)10-4-8(11(15)16)2-3-12-10/h2-4,6-7H,5H2,1H3,(H,15,16). The van der Waals surface area contributed by atoms with Crippen LogP contribution in [0.4, 0.5) is 5.82 Å². The van der Waals surface area contributed by atoms with Crippen molar-refractivity contribution >= 4 is 23.1 Å². The smallest absolute Gasteiger partial charge is 0.335 e. The molecule has 17 heavy (non-hydrogen) atoms. The summed E-state index contributed by atoms with van der Waals surface area (Å²) >= 11 is 1.53. The quantitative estimate of drug-likeness (QED) is 0.896. The highest BCUT2D eigenvalue weighted by Crippen LogP contribution is 2.14. The number of aromatic carboxylic acids is 1. The number of pyridine rings is 1. The molecule has 0 saturated carbocycles. The highest BCUT2D eigenvalue weighted by Gasteiger charge is 2.08. The van der Waals surface area contributed by atoms with Gasteiger partial charge in [0.15, 0.2) is 0 Å². The van der Waals surface area contributed by atoms with E-state index in [1.54, 1.807) is 11.6 Å². The molecule has 0 aliphatic heterocycles. The summed E-state index contributed by atoms with van der Waals surface area (Å²) in [5.74, 6) is -0.325. The first-order valence-corrected chi connectivity index (χ1v) is 5.88. The molecule has 2 heterocycles. The summed E-state index contributed by atoms with van der Waals surface area (Å²) in [6, 6.07) is 3.03. The van der Waals surface area contributed by atoms with Crippen LogP contribution in [0.1, 0.15) is 16.1 Å². The van der Waals surface area contributed by atoms with Gasteiger partial charge in [0.25, 0.3) is 0 Å². The van der Waals surface area contributed by atoms with Gasteiger partial charge in [0.1, 0.15) is 5.82 Å². The second-order valence-electron chi connectivity index (χ2n) is 3.54. The predicted octanol–water partition coefficient (Wildman–Crippen LogP) is 1.87. The molecule has 88 valence electrons. The zero-order valence-electron chi connectivity index (χ0n) is 9.20. The molecule has 0 unspecified atom stereocenters. The zero-order valence-corrected chi connectivity index (χ0v) is 10.0. The van der Waals surface area contributed by atoms with Crippen LogP contribution in [0.25, 0.3) is 0 Å². The largest absolute Gasteiger partial charge is 0.478 e. The van der Waals surface area contributed by atoms with Crippen LogP contribution in [-0.4, -0.2) is 28.1 Å². The van der Waals surface area contributed by atoms with E-state index in [1.807, 2.05) is 17.3 Å². The van der Waals surface area contributed by atoms with E-state index in [2.05, 4.69) is 9.97 Å². The Morgan fingerprint density at radius 3 is 3.00 bits per heavy atom. The Bertz CT molecular complexity index is 513. The second kappa shape index (κ2) is 4.92. The fourth-order valence-electron chi connectivity index (χ4n) is 1.40. The molecule has 5 nitrogen and oxygen atoms in total. The molecule has 6 heteroatoms. The van der Waals surface area contributed by atoms with E-state index in [4.69, 9.17) is 5.11 Å². The highest BCUT2D eigenvalue weighted by atomic mass is 32.1. The third-order valence-electron chi connectivity index (χ3n) is 2.27. The molecule has 2 aromatic heterocycles. The lowest BCUT2D eigenvalue weighted by molar-refractivity contribution is 0.0697. The van der Waals surface area contributed by atoms with Gasteiger partial charge in [-0.25, -0.2) is 14.8 Å². The molecule has 1 N–H and O–H groups in total. The topological polar surface area (TPSA) is 66.3 Å². The first-order chi connectivity index (χ1) is 8.16. The van der Waals surface area contributed by atoms with Crippen molar-refractivity contribution in [2.45, 2.75) is 6.54 Å². The minimum atomic E-state index is -0.948. The molecule has 0 radical (unpaired) electrons. The zero-order chi connectivity index (χ0) is 12.3. The Morgan fingerprint density at radius 1 is 1.53 bits per heavy atom. The van der Waals surface area contributed by atoms with Crippen molar-refractivity contribution in [1.29, 1.82) is 0 Å². The molecule has 0 bridgehead atoms. The summed E-state index contributed by atoms with van der Waals surface area (Å²) in [6.07, 6.45) is 1.50. The van der Waals surface area contributed by atoms with Crippen LogP contribution in [0.5, 0.6) is 0 Å². The first kappa shape index (κ1) is 11.5. The number of aromatic nitrogens is 2. The van der Waals surface area contributed by atoms with E-state index in [0.29, 0.717) is 12.4 Å². The van der Waals surface area contributed by atoms with Crippen LogP contribution in [0.15, 0.2) is 29.2 Å². The fraction of sp³-hybridized carbons (Fsp3) is 0.182. The number of thiazole rings is 1. The van der Waals surface area contributed by atoms with Crippen LogP contribution in [0.3, 0.4) is 0 Å². The molecule has 2 rings (SSSR count). The fourth-order valence-corrected chi connectivity index (χ4v) is 1.95. The molecule has 0 atom stereocenters. The molecule has 0 fully saturated rings. The Balaban J connectivity index is 2.16. The summed E-state index contributed by atoms with van der Waals surface area (Å²) in [6.45, 7) is 0.611. The maximum Gasteiger partial charge on any atom is 0.335 e. The summed E-state index contributed by atoms with van der Waals surface area (Å²) < 4.78 is 0. The summed E-state index contributed by atoms with van der Waals surface area (Å²) in [5, 5.41) is 10.8. The van der Waals surface area contributed by atoms with Gasteiger partial charge in [-0.3, -0.25) is 0 Å². The van der Waals surface area contributed by atoms with Crippen molar-refractivity contribution < 1.29 is 9.90 Å². The predicted molar refractivity (Wildman–Crippen MR) is 65.4 cm³/mol. The lowest BCUT2D eigenvalue weighted by atomic mass is 10.2. The molecule has 0 aliphatic rings. The highest BCUT2D eigenvalue weighted by molar-refractivity contribution is 7.07. The Morgan fingerprint density at radius 2 is 2.35 bits per heavy atom. The van der Waals surface area contributed by atoms with Gasteiger partial charge in [-0.2, -0.15) is 0 Å². The minimum Gasteiger partial charge on any atom is -0.478 e. The maximum atomic E-state index is 10.8. The molecule has 2 aromatic rings. The normalized spacial score (nSPS) is 10.2. The monoisotopic (exact) mass is 249 g/mol. The van der Waals surface area contributed by atoms with E-state index in [1.165, 1.54) is 23.6 Å². The average Bonchev–Trinajstić information content (AvgIpc) is 2.82. The lowest BCUT2D eigenvalue weighted by Gasteiger charge is -2.16. The summed E-state index contributed by atoms with van der Waals surface area (Å²) in [4.78, 5) is 21.0. The van der Waals surface area contributed by atoms with E-state index < -0.39 is 5.97 Å². The molecular weight excluding hydrogens is 238 g/mol. The molecule has 0 aliphatic carbocycles. The number of rotatable bonds is 4. The minimum absolute atomic E-state index is 0.236. The van der Waals surface area contributed by atoms with Gasteiger partial charge in [0, 0.05) is 18.6 Å². The lowest BCUT2D eigenvalue weighted by Crippen LogP contribution is -2.18. The van der Waals surface area contributed by atoms with Crippen LogP contribution in [0, 0.1) is 0 Å². The number of nitrogens with zero attached hydrogens (tertiary/aromatic N) is 3. The van der Waals surface area contributed by atoms with E-state index >= 15 is 0 Å². The van der Waals surface area contributed by atoms with Crippen LogP contribution in [-0.2, 0) is 6.54 Å². The van der Waals surface area contributed by atoms with Gasteiger partial charge < -0.3 is 10.0 Å². The van der Waals surface area contributed by atoms with E-state index in [0.717, 1.165) is 5.69 Å². The molecular formula is C11H11N3O2S. The van der Waals surface area contributed by atoms with Crippen molar-refractivity contribution in [1.82, 2.24) is 9.97 Å². The molecule has 0 saturated heterocycles.